The first-order valence-corrected chi connectivity index (χ1v) is 11.0. The van der Waals surface area contributed by atoms with Gasteiger partial charge in [-0.2, -0.15) is 0 Å². The van der Waals surface area contributed by atoms with E-state index in [4.69, 9.17) is 0 Å². The lowest BCUT2D eigenvalue weighted by atomic mass is 10.2. The third kappa shape index (κ3) is 8.68. The van der Waals surface area contributed by atoms with Crippen molar-refractivity contribution in [3.8, 4) is 0 Å². The molecule has 8 heteroatoms. The summed E-state index contributed by atoms with van der Waals surface area (Å²) in [6.07, 6.45) is 1.84. The number of nitrogens with one attached hydrogen (secondary N) is 1. The van der Waals surface area contributed by atoms with Gasteiger partial charge in [0.05, 0.1) is 5.75 Å². The second-order valence-corrected chi connectivity index (χ2v) is 8.73. The third-order valence-corrected chi connectivity index (χ3v) is 5.22. The maximum Gasteiger partial charge on any atom is 0.194 e. The van der Waals surface area contributed by atoms with Crippen LogP contribution in [0.15, 0.2) is 35.3 Å². The molecule has 0 bridgehead atoms. The standard InChI is InChI=1S/C18H30N4O2S.HI/c1-3-19-18(20-10-7-15-25(2,23)24)22-13-11-21(12-14-22)16-17-8-5-4-6-9-17;/h4-6,8-9H,3,7,10-16H2,1-2H3,(H,19,20);1H. The van der Waals surface area contributed by atoms with Crippen LogP contribution in [-0.2, 0) is 16.4 Å². The van der Waals surface area contributed by atoms with Crippen LogP contribution in [0.25, 0.3) is 0 Å². The van der Waals surface area contributed by atoms with E-state index in [1.165, 1.54) is 11.8 Å². The lowest BCUT2D eigenvalue weighted by Gasteiger charge is -2.36. The van der Waals surface area contributed by atoms with Crippen molar-refractivity contribution in [2.24, 2.45) is 4.99 Å². The molecule has 0 amide bonds. The van der Waals surface area contributed by atoms with Crippen molar-refractivity contribution >= 4 is 39.8 Å². The zero-order valence-corrected chi connectivity index (χ0v) is 18.9. The normalized spacial score (nSPS) is 16.2. The van der Waals surface area contributed by atoms with Gasteiger partial charge in [-0.05, 0) is 18.9 Å². The summed E-state index contributed by atoms with van der Waals surface area (Å²) in [5, 5.41) is 3.32. The van der Waals surface area contributed by atoms with Gasteiger partial charge in [0.25, 0.3) is 0 Å². The van der Waals surface area contributed by atoms with Crippen LogP contribution in [0.3, 0.4) is 0 Å². The van der Waals surface area contributed by atoms with Crippen molar-refractivity contribution in [2.45, 2.75) is 19.9 Å². The van der Waals surface area contributed by atoms with Crippen molar-refractivity contribution in [1.82, 2.24) is 15.1 Å². The summed E-state index contributed by atoms with van der Waals surface area (Å²) in [7, 11) is -2.91. The van der Waals surface area contributed by atoms with Crippen LogP contribution >= 0.6 is 24.0 Å². The molecule has 0 radical (unpaired) electrons. The molecule has 0 aliphatic carbocycles. The van der Waals surface area contributed by atoms with Gasteiger partial charge < -0.3 is 10.2 Å². The molecule has 148 valence electrons. The molecule has 0 atom stereocenters. The summed E-state index contributed by atoms with van der Waals surface area (Å²) in [6, 6.07) is 10.5. The van der Waals surface area contributed by atoms with Crippen LogP contribution in [0, 0.1) is 0 Å². The average molecular weight is 494 g/mol. The van der Waals surface area contributed by atoms with Crippen molar-refractivity contribution in [3.05, 3.63) is 35.9 Å². The summed E-state index contributed by atoms with van der Waals surface area (Å²) < 4.78 is 22.4. The van der Waals surface area contributed by atoms with Gasteiger partial charge in [0.15, 0.2) is 5.96 Å². The fourth-order valence-electron chi connectivity index (χ4n) is 2.90. The van der Waals surface area contributed by atoms with Crippen LogP contribution in [0.5, 0.6) is 0 Å². The van der Waals surface area contributed by atoms with Gasteiger partial charge in [-0.3, -0.25) is 9.89 Å². The smallest absolute Gasteiger partial charge is 0.194 e. The molecule has 1 saturated heterocycles. The highest BCUT2D eigenvalue weighted by Gasteiger charge is 2.19. The zero-order chi connectivity index (χ0) is 18.1. The predicted molar refractivity (Wildman–Crippen MR) is 119 cm³/mol. The Morgan fingerprint density at radius 2 is 1.81 bits per heavy atom. The molecular weight excluding hydrogens is 463 g/mol. The summed E-state index contributed by atoms with van der Waals surface area (Å²) in [5.41, 5.74) is 1.34. The largest absolute Gasteiger partial charge is 0.357 e. The van der Waals surface area contributed by atoms with Gasteiger partial charge in [-0.25, -0.2) is 8.42 Å². The third-order valence-electron chi connectivity index (χ3n) is 4.19. The number of halogens is 1. The van der Waals surface area contributed by atoms with E-state index in [1.807, 2.05) is 6.07 Å². The quantitative estimate of drug-likeness (QED) is 0.271. The Hall–Kier alpha value is -0.870. The van der Waals surface area contributed by atoms with Crippen LogP contribution < -0.4 is 5.32 Å². The van der Waals surface area contributed by atoms with Crippen LogP contribution in [0.1, 0.15) is 18.9 Å². The lowest BCUT2D eigenvalue weighted by molar-refractivity contribution is 0.172. The SMILES string of the molecule is CCNC(=NCCCS(C)(=O)=O)N1CCN(Cc2ccccc2)CC1.I. The van der Waals surface area contributed by atoms with Gasteiger partial charge in [-0.1, -0.05) is 30.3 Å². The number of hydrogen-bond acceptors (Lipinski definition) is 4. The maximum absolute atomic E-state index is 11.2. The van der Waals surface area contributed by atoms with E-state index in [0.717, 1.165) is 45.2 Å². The average Bonchev–Trinajstić information content (AvgIpc) is 2.58. The Bertz CT molecular complexity index is 644. The Kier molecular flexibility index (Phi) is 10.5. The van der Waals surface area contributed by atoms with E-state index in [1.54, 1.807) is 0 Å². The molecule has 6 nitrogen and oxygen atoms in total. The van der Waals surface area contributed by atoms with Crippen molar-refractivity contribution < 1.29 is 8.42 Å². The van der Waals surface area contributed by atoms with Crippen molar-refractivity contribution in [3.63, 3.8) is 0 Å². The van der Waals surface area contributed by atoms with Crippen molar-refractivity contribution in [2.75, 3.05) is 51.3 Å². The Morgan fingerprint density at radius 1 is 1.15 bits per heavy atom. The first kappa shape index (κ1) is 23.2. The first-order valence-electron chi connectivity index (χ1n) is 8.95. The zero-order valence-electron chi connectivity index (χ0n) is 15.7. The number of benzene rings is 1. The topological polar surface area (TPSA) is 65.0 Å². The highest BCUT2D eigenvalue weighted by Crippen LogP contribution is 2.08. The Labute approximate surface area is 175 Å². The van der Waals surface area contributed by atoms with E-state index < -0.39 is 9.84 Å². The molecule has 0 aromatic heterocycles. The van der Waals surface area contributed by atoms with Gasteiger partial charge >= 0.3 is 0 Å². The second kappa shape index (κ2) is 11.8. The fraction of sp³-hybridized carbons (Fsp3) is 0.611. The molecule has 1 aliphatic rings. The molecular formula is C18H31IN4O2S. The van der Waals surface area contributed by atoms with E-state index in [2.05, 4.69) is 51.3 Å². The fourth-order valence-corrected chi connectivity index (χ4v) is 3.55. The van der Waals surface area contributed by atoms with E-state index in [0.29, 0.717) is 13.0 Å². The number of hydrogen-bond donors (Lipinski definition) is 1. The molecule has 0 spiro atoms. The van der Waals surface area contributed by atoms with E-state index in [-0.39, 0.29) is 29.7 Å². The summed E-state index contributed by atoms with van der Waals surface area (Å²) in [6.45, 7) is 8.27. The molecule has 1 aromatic carbocycles. The van der Waals surface area contributed by atoms with E-state index in [9.17, 15) is 8.42 Å². The highest BCUT2D eigenvalue weighted by molar-refractivity contribution is 14.0. The summed E-state index contributed by atoms with van der Waals surface area (Å²) >= 11 is 0. The summed E-state index contributed by atoms with van der Waals surface area (Å²) in [4.78, 5) is 9.32. The molecule has 1 fully saturated rings. The number of nitrogens with zero attached hydrogens (tertiary/aromatic N) is 3. The van der Waals surface area contributed by atoms with Crippen LogP contribution in [0.4, 0.5) is 0 Å². The minimum Gasteiger partial charge on any atom is -0.357 e. The minimum atomic E-state index is -2.91. The van der Waals surface area contributed by atoms with Crippen molar-refractivity contribution in [1.29, 1.82) is 0 Å². The minimum absolute atomic E-state index is 0. The number of rotatable bonds is 7. The maximum atomic E-state index is 11.2. The van der Waals surface area contributed by atoms with E-state index >= 15 is 0 Å². The molecule has 1 aromatic rings. The predicted octanol–water partition coefficient (Wildman–Crippen LogP) is 1.82. The number of sulfone groups is 1. The van der Waals surface area contributed by atoms with Gasteiger partial charge in [0.2, 0.25) is 0 Å². The van der Waals surface area contributed by atoms with Gasteiger partial charge in [0.1, 0.15) is 9.84 Å². The Balaban J connectivity index is 0.00000338. The molecule has 0 saturated carbocycles. The number of piperazine rings is 1. The van der Waals surface area contributed by atoms with Gasteiger partial charge in [0, 0.05) is 52.1 Å². The lowest BCUT2D eigenvalue weighted by Crippen LogP contribution is -2.52. The van der Waals surface area contributed by atoms with Crippen LogP contribution in [0.2, 0.25) is 0 Å². The molecule has 0 unspecified atom stereocenters. The first-order chi connectivity index (χ1) is 12.0. The molecule has 1 aliphatic heterocycles. The molecule has 1 N–H and O–H groups in total. The van der Waals surface area contributed by atoms with Gasteiger partial charge in [-0.15, -0.1) is 24.0 Å². The van der Waals surface area contributed by atoms with Crippen LogP contribution in [-0.4, -0.2) is 75.5 Å². The summed E-state index contributed by atoms with van der Waals surface area (Å²) in [5.74, 6) is 1.09. The molecule has 26 heavy (non-hydrogen) atoms. The highest BCUT2D eigenvalue weighted by atomic mass is 127. The molecule has 2 rings (SSSR count). The Morgan fingerprint density at radius 3 is 2.38 bits per heavy atom. The monoisotopic (exact) mass is 494 g/mol. The number of aliphatic imine (C=N–C) groups is 1. The second-order valence-electron chi connectivity index (χ2n) is 6.47. The number of guanidine groups is 1. The molecule has 1 heterocycles.